The number of rotatable bonds is 16. The Morgan fingerprint density at radius 3 is 1.29 bits per heavy atom. The highest BCUT2D eigenvalue weighted by atomic mass is 16.7. The van der Waals surface area contributed by atoms with Crippen LogP contribution in [-0.4, -0.2) is 211 Å². The Balaban J connectivity index is 0.000000354. The van der Waals surface area contributed by atoms with Crippen molar-refractivity contribution in [2.24, 2.45) is 35.5 Å². The van der Waals surface area contributed by atoms with Gasteiger partial charge in [0.25, 0.3) is 0 Å². The Morgan fingerprint density at radius 1 is 0.561 bits per heavy atom. The number of hydrogen-bond acceptors (Lipinski definition) is 22. The van der Waals surface area contributed by atoms with Gasteiger partial charge in [0.15, 0.2) is 42.1 Å². The lowest BCUT2D eigenvalue weighted by Crippen LogP contribution is -2.60. The second-order valence-electron chi connectivity index (χ2n) is 28.8. The summed E-state index contributed by atoms with van der Waals surface area (Å²) in [4.78, 5) is 99.6. The zero-order valence-electron chi connectivity index (χ0n) is 62.2. The van der Waals surface area contributed by atoms with Gasteiger partial charge in [-0.25, -0.2) is 9.59 Å². The molecular weight excluding hydrogens is 1260 g/mol. The summed E-state index contributed by atoms with van der Waals surface area (Å²) >= 11 is 0. The Morgan fingerprint density at radius 2 is 0.929 bits per heavy atom. The molecule has 0 saturated carbocycles. The first-order valence-electron chi connectivity index (χ1n) is 35.0. The average molecular weight is 1380 g/mol. The van der Waals surface area contributed by atoms with Crippen molar-refractivity contribution in [3.8, 4) is 0 Å². The predicted octanol–water partition coefficient (Wildman–Crippen LogP) is 9.65. The number of allylic oxidation sites excluding steroid dienone is 2. The summed E-state index contributed by atoms with van der Waals surface area (Å²) in [6, 6.07) is 16.7. The van der Waals surface area contributed by atoms with Crippen LogP contribution in [0.2, 0.25) is 0 Å². The third-order valence-electron chi connectivity index (χ3n) is 20.8. The van der Waals surface area contributed by atoms with Gasteiger partial charge in [0.2, 0.25) is 0 Å². The monoisotopic (exact) mass is 1380 g/mol. The molecule has 22 heteroatoms. The van der Waals surface area contributed by atoms with Crippen molar-refractivity contribution in [2.75, 3.05) is 42.4 Å². The number of aliphatic hydroxyl groups excluding tert-OH is 1. The molecule has 0 spiro atoms. The Hall–Kier alpha value is -5.63. The van der Waals surface area contributed by atoms with E-state index in [1.54, 1.807) is 145 Å². The highest BCUT2D eigenvalue weighted by Gasteiger charge is 2.54. The number of ether oxygens (including phenoxy) is 10. The van der Waals surface area contributed by atoms with Crippen LogP contribution >= 0.6 is 0 Å². The lowest BCUT2D eigenvalue weighted by Gasteiger charge is -2.48. The molecule has 2 saturated heterocycles. The minimum absolute atomic E-state index is 0.129. The van der Waals surface area contributed by atoms with Crippen LogP contribution in [0.25, 0.3) is 0 Å². The molecule has 4 heterocycles. The van der Waals surface area contributed by atoms with Gasteiger partial charge >= 0.3 is 23.9 Å². The number of nitrogens with zero attached hydrogens (tertiary/aromatic N) is 2. The summed E-state index contributed by atoms with van der Waals surface area (Å²) < 4.78 is 62.5. The van der Waals surface area contributed by atoms with E-state index >= 15 is 0 Å². The number of benzene rings is 2. The highest BCUT2D eigenvalue weighted by Crippen LogP contribution is 2.42. The first kappa shape index (κ1) is 83.0. The summed E-state index contributed by atoms with van der Waals surface area (Å²) in [5.74, 6) is -8.66. The van der Waals surface area contributed by atoms with E-state index < -0.39 is 143 Å². The second-order valence-corrected chi connectivity index (χ2v) is 28.8. The second kappa shape index (κ2) is 35.8. The minimum Gasteiger partial charge on any atom is -0.459 e. The van der Waals surface area contributed by atoms with E-state index in [-0.39, 0.29) is 68.0 Å². The fourth-order valence-electron chi connectivity index (χ4n) is 14.5. The van der Waals surface area contributed by atoms with E-state index in [9.17, 15) is 48.9 Å². The van der Waals surface area contributed by atoms with Crippen LogP contribution in [0.1, 0.15) is 183 Å². The summed E-state index contributed by atoms with van der Waals surface area (Å²) in [7, 11) is 10.6. The van der Waals surface area contributed by atoms with Crippen LogP contribution in [0.4, 0.5) is 0 Å². The number of aliphatic hydroxyl groups is 3. The largest absolute Gasteiger partial charge is 0.459 e. The van der Waals surface area contributed by atoms with E-state index in [2.05, 4.69) is 0 Å². The number of Topliss-reactive ketones (excluding diaryl/α,β-unsaturated/α-hetero) is 3. The van der Waals surface area contributed by atoms with E-state index in [1.165, 1.54) is 33.3 Å². The number of hydrogen-bond donors (Lipinski definition) is 3. The number of ketones is 3. The molecule has 22 nitrogen and oxygen atoms in total. The Bertz CT molecular complexity index is 3050. The van der Waals surface area contributed by atoms with Gasteiger partial charge in [-0.3, -0.25) is 24.0 Å². The zero-order valence-corrected chi connectivity index (χ0v) is 62.2. The lowest BCUT2D eigenvalue weighted by molar-refractivity contribution is -0.300. The number of likely N-dealkylation sites (N-methyl/N-ethyl adjacent to an activating group) is 2. The van der Waals surface area contributed by atoms with Crippen LogP contribution in [0.15, 0.2) is 84.0 Å². The molecule has 0 aliphatic carbocycles. The van der Waals surface area contributed by atoms with Crippen molar-refractivity contribution in [3.05, 3.63) is 95.1 Å². The molecule has 550 valence electrons. The summed E-state index contributed by atoms with van der Waals surface area (Å²) in [6.45, 7) is 27.7. The smallest absolute Gasteiger partial charge is 0.338 e. The van der Waals surface area contributed by atoms with Gasteiger partial charge in [-0.1, -0.05) is 91.8 Å². The quantitative estimate of drug-likeness (QED) is 0.0801. The molecule has 6 rings (SSSR count). The molecule has 0 aromatic heterocycles. The van der Waals surface area contributed by atoms with Crippen molar-refractivity contribution in [1.82, 2.24) is 9.80 Å². The first-order valence-corrected chi connectivity index (χ1v) is 35.0. The van der Waals surface area contributed by atoms with Gasteiger partial charge < -0.3 is 72.5 Å². The molecule has 2 unspecified atom stereocenters. The third-order valence-corrected chi connectivity index (χ3v) is 20.8. The van der Waals surface area contributed by atoms with E-state index in [0.717, 1.165) is 0 Å². The van der Waals surface area contributed by atoms with Gasteiger partial charge in [-0.05, 0) is 183 Å². The summed E-state index contributed by atoms with van der Waals surface area (Å²) in [6.07, 6.45) is -4.48. The Labute approximate surface area is 582 Å². The van der Waals surface area contributed by atoms with Crippen molar-refractivity contribution in [3.63, 3.8) is 0 Å². The van der Waals surface area contributed by atoms with Crippen molar-refractivity contribution < 1.29 is 96.2 Å². The Kier molecular flexibility index (Phi) is 30.3. The molecule has 2 fully saturated rings. The van der Waals surface area contributed by atoms with Gasteiger partial charge in [0, 0.05) is 37.9 Å². The lowest BCUT2D eigenvalue weighted by atomic mass is 9.76. The number of carbonyl (C=O) groups is 7. The molecule has 0 radical (unpaired) electrons. The first-order chi connectivity index (χ1) is 45.8. The van der Waals surface area contributed by atoms with Crippen LogP contribution in [0.3, 0.4) is 0 Å². The number of cyclic esters (lactones) is 2. The molecule has 2 aromatic carbocycles. The number of methoxy groups -OCH3 is 2. The fraction of sp³-hybridized carbons (Fsp3) is 0.697. The van der Waals surface area contributed by atoms with Gasteiger partial charge in [-0.2, -0.15) is 0 Å². The molecule has 0 bridgehead atoms. The maximum absolute atomic E-state index is 14.2. The topological polar surface area (TPSA) is 279 Å². The van der Waals surface area contributed by atoms with E-state index in [0.29, 0.717) is 41.5 Å². The summed E-state index contributed by atoms with van der Waals surface area (Å²) in [5.41, 5.74) is -4.25. The molecule has 4 aliphatic heterocycles. The van der Waals surface area contributed by atoms with Crippen molar-refractivity contribution in [2.45, 2.75) is 264 Å². The molecule has 4 aliphatic rings. The third kappa shape index (κ3) is 19.9. The minimum atomic E-state index is -1.61. The maximum atomic E-state index is 14.2. The van der Waals surface area contributed by atoms with Gasteiger partial charge in [0.05, 0.1) is 70.9 Å². The SMILES string of the molecule is CC[C@H]1OC(=O)[C@H](C)C(=O)[C@H](C)[C@@H](OC2O[C@H](C)C[C@H](N(C)C)[C@H]2OC(=O)c2ccccc2)[C@@](C)(OC)C[C@@H](C)C(=O)/C(C)=C/[C@@]1(O)CC.CC[C@H]1OC(=O)[C@H](C)[C@@H](O)[C@H](C)[C@@H](OC2O[C@H](C)C[C@H](N(C)C)[C@H]2OC(=O)c2ccccc2)[C@@](C)(OC)C[C@@H](C)C(=O)/C(C)=C/[C@@]1(O)CC. The molecule has 98 heavy (non-hydrogen) atoms. The standard InChI is InChI=1S/C38H59NO10.C38H57NO10/c2*1-12-29-38(44,13-2)21-23(4)30(40)22(3)20-37(8,45-11)33(25(6)31(41)26(7)34(42)47-29)49-36-32(28(39(9)10)19-24(5)46-36)48-35(43)27-17-15-14-16-18-27/h14-18,21-22,24-26,28-29,31-33,36,41,44H,12-13,19-20H2,1-11H3;14-18,21-22,24-26,28-29,32-33,36,44H,12-13,19-20H2,1-11H3/b2*23-21+/t22-,24-,25+,26-,28+,29-,31+,32-,33-,36?,37+,38+;22-,24-,25+,26-,28+,29-,32-,33-,36?,37+,38+/m11/s1. The molecular formula is C76H116N2O20. The van der Waals surface area contributed by atoms with Crippen molar-refractivity contribution >= 4 is 41.2 Å². The number of carbonyl (C=O) groups excluding carboxylic acids is 7. The van der Waals surface area contributed by atoms with E-state index in [1.807, 2.05) is 57.9 Å². The zero-order chi connectivity index (χ0) is 73.7. The molecule has 3 N–H and O–H groups in total. The van der Waals surface area contributed by atoms with Crippen LogP contribution < -0.4 is 0 Å². The maximum Gasteiger partial charge on any atom is 0.338 e. The van der Waals surface area contributed by atoms with Crippen LogP contribution in [0, 0.1) is 35.5 Å². The highest BCUT2D eigenvalue weighted by molar-refractivity contribution is 6.00. The van der Waals surface area contributed by atoms with Gasteiger partial charge in [-0.15, -0.1) is 0 Å². The number of esters is 4. The van der Waals surface area contributed by atoms with Crippen molar-refractivity contribution in [1.29, 1.82) is 0 Å². The predicted molar refractivity (Wildman–Crippen MR) is 368 cm³/mol. The van der Waals surface area contributed by atoms with Gasteiger partial charge in [0.1, 0.15) is 29.3 Å². The van der Waals surface area contributed by atoms with E-state index in [4.69, 9.17) is 47.4 Å². The molecule has 2 aromatic rings. The molecule has 0 amide bonds. The van der Waals surface area contributed by atoms with Crippen LogP contribution in [0.5, 0.6) is 0 Å². The van der Waals surface area contributed by atoms with Crippen LogP contribution in [-0.2, 0) is 71.3 Å². The normalized spacial score (nSPS) is 38.7. The average Bonchev–Trinajstić information content (AvgIpc) is 0.782. The summed E-state index contributed by atoms with van der Waals surface area (Å²) in [5, 5.41) is 35.0. The fourth-order valence-corrected chi connectivity index (χ4v) is 14.5. The molecule has 23 atom stereocenters.